The fourth-order valence-corrected chi connectivity index (χ4v) is 1.07. The molecule has 0 heterocycles. The Balaban J connectivity index is 3.83. The van der Waals surface area contributed by atoms with Gasteiger partial charge in [-0.2, -0.15) is 0 Å². The Labute approximate surface area is 60.6 Å². The van der Waals surface area contributed by atoms with Crippen LogP contribution in [0.5, 0.6) is 0 Å². The highest BCUT2D eigenvalue weighted by molar-refractivity contribution is 6.64. The van der Waals surface area contributed by atoms with Crippen molar-refractivity contribution in [1.29, 1.82) is 0 Å². The van der Waals surface area contributed by atoms with E-state index in [4.69, 9.17) is 11.6 Å². The summed E-state index contributed by atoms with van der Waals surface area (Å²) in [6, 6.07) is -0.202. The molecule has 0 aromatic rings. The van der Waals surface area contributed by atoms with E-state index in [0.29, 0.717) is 0 Å². The summed E-state index contributed by atoms with van der Waals surface area (Å²) in [7, 11) is 1.73. The number of likely N-dealkylation sites (N-methyl/N-ethyl adjacent to an activating group) is 1. The molecule has 0 aliphatic rings. The first-order valence-electron chi connectivity index (χ1n) is 2.96. The van der Waals surface area contributed by atoms with Crippen molar-refractivity contribution in [2.75, 3.05) is 7.05 Å². The third kappa shape index (κ3) is 2.82. The summed E-state index contributed by atoms with van der Waals surface area (Å²) in [6.45, 7) is 3.89. The van der Waals surface area contributed by atoms with Crippen LogP contribution in [0.2, 0.25) is 0 Å². The molecule has 9 heavy (non-hydrogen) atoms. The van der Waals surface area contributed by atoms with Crippen molar-refractivity contribution in [3.05, 3.63) is 0 Å². The normalized spacial score (nSPS) is 13.9. The maximum absolute atomic E-state index is 10.5. The van der Waals surface area contributed by atoms with E-state index in [9.17, 15) is 4.79 Å². The van der Waals surface area contributed by atoms with Crippen LogP contribution in [-0.4, -0.2) is 18.3 Å². The topological polar surface area (TPSA) is 29.1 Å². The molecule has 0 rings (SSSR count). The van der Waals surface area contributed by atoms with Crippen molar-refractivity contribution in [2.45, 2.75) is 19.9 Å². The molecule has 1 atom stereocenters. The zero-order valence-electron chi connectivity index (χ0n) is 5.94. The SMILES string of the molecule is CNC(C(=O)Cl)C(C)C. The van der Waals surface area contributed by atoms with Crippen molar-refractivity contribution in [1.82, 2.24) is 5.32 Å². The van der Waals surface area contributed by atoms with Gasteiger partial charge in [0.1, 0.15) is 0 Å². The van der Waals surface area contributed by atoms with Crippen molar-refractivity contribution in [3.63, 3.8) is 0 Å². The molecule has 0 aliphatic heterocycles. The van der Waals surface area contributed by atoms with Gasteiger partial charge in [0.05, 0.1) is 6.04 Å². The van der Waals surface area contributed by atoms with Crippen LogP contribution in [0.4, 0.5) is 0 Å². The molecular formula is C6H12ClNO. The molecule has 0 spiro atoms. The molecule has 1 N–H and O–H groups in total. The van der Waals surface area contributed by atoms with Crippen molar-refractivity contribution < 1.29 is 4.79 Å². The molecule has 54 valence electrons. The number of hydrogen-bond acceptors (Lipinski definition) is 2. The zero-order valence-corrected chi connectivity index (χ0v) is 6.70. The molecule has 0 bridgehead atoms. The van der Waals surface area contributed by atoms with Gasteiger partial charge in [0, 0.05) is 0 Å². The lowest BCUT2D eigenvalue weighted by Gasteiger charge is -2.14. The van der Waals surface area contributed by atoms with Gasteiger partial charge in [-0.15, -0.1) is 0 Å². The molecular weight excluding hydrogens is 138 g/mol. The van der Waals surface area contributed by atoms with Crippen LogP contribution in [0, 0.1) is 5.92 Å². The van der Waals surface area contributed by atoms with E-state index in [1.807, 2.05) is 13.8 Å². The summed E-state index contributed by atoms with van der Waals surface area (Å²) in [4.78, 5) is 10.5. The van der Waals surface area contributed by atoms with Gasteiger partial charge in [-0.25, -0.2) is 0 Å². The molecule has 2 nitrogen and oxygen atoms in total. The van der Waals surface area contributed by atoms with Crippen LogP contribution in [0.3, 0.4) is 0 Å². The highest BCUT2D eigenvalue weighted by atomic mass is 35.5. The predicted molar refractivity (Wildman–Crippen MR) is 38.5 cm³/mol. The zero-order chi connectivity index (χ0) is 7.44. The van der Waals surface area contributed by atoms with E-state index in [1.165, 1.54) is 0 Å². The molecule has 0 aromatic heterocycles. The minimum Gasteiger partial charge on any atom is -0.309 e. The van der Waals surface area contributed by atoms with Gasteiger partial charge in [0.15, 0.2) is 0 Å². The average Bonchev–Trinajstić information content (AvgIpc) is 1.64. The van der Waals surface area contributed by atoms with Crippen LogP contribution >= 0.6 is 11.6 Å². The molecule has 0 amide bonds. The summed E-state index contributed by atoms with van der Waals surface area (Å²) in [6.07, 6.45) is 0. The smallest absolute Gasteiger partial charge is 0.238 e. The van der Waals surface area contributed by atoms with Crippen LogP contribution < -0.4 is 5.32 Å². The average molecular weight is 150 g/mol. The van der Waals surface area contributed by atoms with Crippen LogP contribution in [0.1, 0.15) is 13.8 Å². The first-order valence-corrected chi connectivity index (χ1v) is 3.34. The summed E-state index contributed by atoms with van der Waals surface area (Å²) in [5, 5.41) is 2.51. The van der Waals surface area contributed by atoms with Crippen LogP contribution in [-0.2, 0) is 4.79 Å². The first kappa shape index (κ1) is 8.92. The Bertz CT molecular complexity index is 103. The Hall–Kier alpha value is -0.0800. The molecule has 0 aliphatic carbocycles. The van der Waals surface area contributed by atoms with E-state index in [-0.39, 0.29) is 17.2 Å². The van der Waals surface area contributed by atoms with Gasteiger partial charge in [-0.05, 0) is 24.6 Å². The Kier molecular flexibility index (Phi) is 3.82. The summed E-state index contributed by atoms with van der Waals surface area (Å²) in [5.74, 6) is 0.264. The second kappa shape index (κ2) is 3.85. The summed E-state index contributed by atoms with van der Waals surface area (Å²) < 4.78 is 0. The lowest BCUT2D eigenvalue weighted by Crippen LogP contribution is -2.35. The van der Waals surface area contributed by atoms with Crippen molar-refractivity contribution >= 4 is 16.8 Å². The van der Waals surface area contributed by atoms with Gasteiger partial charge < -0.3 is 5.32 Å². The third-order valence-corrected chi connectivity index (χ3v) is 1.46. The highest BCUT2D eigenvalue weighted by Crippen LogP contribution is 2.03. The maximum Gasteiger partial charge on any atom is 0.238 e. The van der Waals surface area contributed by atoms with E-state index >= 15 is 0 Å². The van der Waals surface area contributed by atoms with Crippen molar-refractivity contribution in [2.24, 2.45) is 5.92 Å². The fraction of sp³-hybridized carbons (Fsp3) is 0.833. The monoisotopic (exact) mass is 149 g/mol. The second-order valence-electron chi connectivity index (χ2n) is 2.31. The molecule has 3 heteroatoms. The lowest BCUT2D eigenvalue weighted by molar-refractivity contribution is -0.114. The van der Waals surface area contributed by atoms with Gasteiger partial charge in [-0.3, -0.25) is 4.79 Å². The quantitative estimate of drug-likeness (QED) is 0.607. The molecule has 0 radical (unpaired) electrons. The summed E-state index contributed by atoms with van der Waals surface area (Å²) >= 11 is 5.24. The van der Waals surface area contributed by atoms with E-state index in [1.54, 1.807) is 7.05 Å². The number of halogens is 1. The molecule has 0 saturated carbocycles. The van der Waals surface area contributed by atoms with Gasteiger partial charge in [-0.1, -0.05) is 13.8 Å². The third-order valence-electron chi connectivity index (χ3n) is 1.22. The van der Waals surface area contributed by atoms with Gasteiger partial charge in [0.25, 0.3) is 0 Å². The predicted octanol–water partition coefficient (Wildman–Crippen LogP) is 0.996. The minimum absolute atomic E-state index is 0.202. The first-order chi connectivity index (χ1) is 4.09. The van der Waals surface area contributed by atoms with Crippen LogP contribution in [0.15, 0.2) is 0 Å². The standard InChI is InChI=1S/C6H12ClNO/c1-4(2)5(8-3)6(7)9/h4-5,8H,1-3H3. The molecule has 0 fully saturated rings. The summed E-state index contributed by atoms with van der Waals surface area (Å²) in [5.41, 5.74) is 0. The number of carbonyl (C=O) groups is 1. The maximum atomic E-state index is 10.5. The second-order valence-corrected chi connectivity index (χ2v) is 2.69. The lowest BCUT2D eigenvalue weighted by atomic mass is 10.1. The van der Waals surface area contributed by atoms with Crippen LogP contribution in [0.25, 0.3) is 0 Å². The number of carbonyl (C=O) groups excluding carboxylic acids is 1. The Morgan fingerprint density at radius 3 is 2.00 bits per heavy atom. The Morgan fingerprint density at radius 2 is 2.00 bits per heavy atom. The largest absolute Gasteiger partial charge is 0.309 e. The van der Waals surface area contributed by atoms with E-state index < -0.39 is 0 Å². The number of hydrogen-bond donors (Lipinski definition) is 1. The highest BCUT2D eigenvalue weighted by Gasteiger charge is 2.16. The fourth-order valence-electron chi connectivity index (χ4n) is 0.709. The van der Waals surface area contributed by atoms with Crippen molar-refractivity contribution in [3.8, 4) is 0 Å². The Morgan fingerprint density at radius 1 is 1.56 bits per heavy atom. The van der Waals surface area contributed by atoms with Gasteiger partial charge in [0.2, 0.25) is 5.24 Å². The molecule has 0 saturated heterocycles. The van der Waals surface area contributed by atoms with E-state index in [0.717, 1.165) is 0 Å². The van der Waals surface area contributed by atoms with E-state index in [2.05, 4.69) is 5.32 Å². The molecule has 0 aromatic carbocycles. The van der Waals surface area contributed by atoms with Gasteiger partial charge >= 0.3 is 0 Å². The number of rotatable bonds is 3. The molecule has 1 unspecified atom stereocenters. The minimum atomic E-state index is -0.312. The number of nitrogens with one attached hydrogen (secondary N) is 1.